The fraction of sp³-hybridized carbons (Fsp3) is 0.909. The number of hydrogen-bond donors (Lipinski definition) is 1. The first-order valence-corrected chi connectivity index (χ1v) is 7.93. The van der Waals surface area contributed by atoms with Gasteiger partial charge in [-0.15, -0.1) is 0 Å². The molecule has 100 valence electrons. The summed E-state index contributed by atoms with van der Waals surface area (Å²) in [5, 5.41) is 0. The van der Waals surface area contributed by atoms with Crippen LogP contribution in [0.15, 0.2) is 0 Å². The highest BCUT2D eigenvalue weighted by molar-refractivity contribution is 7.91. The predicted molar refractivity (Wildman–Crippen MR) is 67.3 cm³/mol. The van der Waals surface area contributed by atoms with E-state index in [9.17, 15) is 13.2 Å². The first kappa shape index (κ1) is 14.4. The molecule has 2 N–H and O–H groups in total. The molecule has 17 heavy (non-hydrogen) atoms. The molecule has 0 aromatic heterocycles. The number of hydrogen-bond acceptors (Lipinski definition) is 4. The minimum Gasteiger partial charge on any atom is -0.340 e. The van der Waals surface area contributed by atoms with Gasteiger partial charge in [0.25, 0.3) is 0 Å². The SMILES string of the molecule is CCC(CC)(CN)C(=O)N1CCS(=O)(=O)CC1. The second kappa shape index (κ2) is 5.35. The number of amides is 1. The zero-order valence-corrected chi connectivity index (χ0v) is 11.4. The number of sulfone groups is 1. The molecule has 1 amide bonds. The zero-order valence-electron chi connectivity index (χ0n) is 10.6. The van der Waals surface area contributed by atoms with Crippen LogP contribution in [0.2, 0.25) is 0 Å². The van der Waals surface area contributed by atoms with E-state index >= 15 is 0 Å². The van der Waals surface area contributed by atoms with E-state index in [1.165, 1.54) is 0 Å². The Morgan fingerprint density at radius 3 is 2.06 bits per heavy atom. The van der Waals surface area contributed by atoms with Crippen LogP contribution in [0.5, 0.6) is 0 Å². The minimum atomic E-state index is -2.94. The molecule has 0 aromatic carbocycles. The first-order chi connectivity index (χ1) is 7.90. The molecule has 0 spiro atoms. The summed E-state index contributed by atoms with van der Waals surface area (Å²) in [5.74, 6) is 0.166. The van der Waals surface area contributed by atoms with E-state index in [1.807, 2.05) is 13.8 Å². The van der Waals surface area contributed by atoms with Crippen molar-refractivity contribution in [1.82, 2.24) is 4.90 Å². The molecule has 0 unspecified atom stereocenters. The Morgan fingerprint density at radius 2 is 1.71 bits per heavy atom. The quantitative estimate of drug-likeness (QED) is 0.774. The minimum absolute atomic E-state index is 0.0138. The van der Waals surface area contributed by atoms with Gasteiger partial charge < -0.3 is 10.6 Å². The summed E-state index contributed by atoms with van der Waals surface area (Å²) in [5.41, 5.74) is 5.21. The maximum absolute atomic E-state index is 12.4. The van der Waals surface area contributed by atoms with Gasteiger partial charge in [-0.3, -0.25) is 4.79 Å². The lowest BCUT2D eigenvalue weighted by Gasteiger charge is -2.36. The zero-order chi connectivity index (χ0) is 13.1. The van der Waals surface area contributed by atoms with Crippen molar-refractivity contribution in [2.75, 3.05) is 31.1 Å². The van der Waals surface area contributed by atoms with Gasteiger partial charge in [-0.25, -0.2) is 8.42 Å². The van der Waals surface area contributed by atoms with Crippen LogP contribution >= 0.6 is 0 Å². The van der Waals surface area contributed by atoms with E-state index < -0.39 is 15.3 Å². The maximum atomic E-state index is 12.4. The molecule has 1 aliphatic heterocycles. The van der Waals surface area contributed by atoms with Crippen molar-refractivity contribution in [3.05, 3.63) is 0 Å². The molecule has 0 aromatic rings. The van der Waals surface area contributed by atoms with E-state index in [1.54, 1.807) is 4.90 Å². The summed E-state index contributed by atoms with van der Waals surface area (Å²) in [7, 11) is -2.94. The normalized spacial score (nSPS) is 20.3. The molecule has 1 fully saturated rings. The summed E-state index contributed by atoms with van der Waals surface area (Å²) in [6.45, 7) is 4.85. The van der Waals surface area contributed by atoms with E-state index in [2.05, 4.69) is 0 Å². The van der Waals surface area contributed by atoms with Crippen LogP contribution in [0.3, 0.4) is 0 Å². The van der Waals surface area contributed by atoms with Gasteiger partial charge in [0.1, 0.15) is 0 Å². The van der Waals surface area contributed by atoms with Gasteiger partial charge >= 0.3 is 0 Å². The third-order valence-corrected chi connectivity index (χ3v) is 5.44. The van der Waals surface area contributed by atoms with Crippen molar-refractivity contribution in [3.63, 3.8) is 0 Å². The summed E-state index contributed by atoms with van der Waals surface area (Å²) < 4.78 is 22.6. The predicted octanol–water partition coefficient (Wildman–Crippen LogP) is 0.00850. The molecule has 0 bridgehead atoms. The number of carbonyl (C=O) groups is 1. The maximum Gasteiger partial charge on any atom is 0.230 e. The average Bonchev–Trinajstić information content (AvgIpc) is 2.32. The Balaban J connectivity index is 2.77. The van der Waals surface area contributed by atoms with Crippen LogP contribution in [0.1, 0.15) is 26.7 Å². The molecule has 0 radical (unpaired) electrons. The van der Waals surface area contributed by atoms with Gasteiger partial charge in [-0.1, -0.05) is 13.8 Å². The van der Waals surface area contributed by atoms with Crippen molar-refractivity contribution in [2.24, 2.45) is 11.1 Å². The van der Waals surface area contributed by atoms with Crippen molar-refractivity contribution in [3.8, 4) is 0 Å². The molecule has 0 aliphatic carbocycles. The monoisotopic (exact) mass is 262 g/mol. The Bertz CT molecular complexity index is 352. The van der Waals surface area contributed by atoms with Crippen LogP contribution in [0.25, 0.3) is 0 Å². The molecular weight excluding hydrogens is 240 g/mol. The molecular formula is C11H22N2O3S. The number of nitrogens with two attached hydrogens (primary N) is 1. The molecule has 0 saturated carbocycles. The molecule has 1 heterocycles. The Morgan fingerprint density at radius 1 is 1.24 bits per heavy atom. The van der Waals surface area contributed by atoms with E-state index in [0.29, 0.717) is 32.5 Å². The van der Waals surface area contributed by atoms with Gasteiger partial charge in [0.2, 0.25) is 5.91 Å². The van der Waals surface area contributed by atoms with Gasteiger partial charge in [-0.2, -0.15) is 0 Å². The second-order valence-corrected chi connectivity index (χ2v) is 6.94. The largest absolute Gasteiger partial charge is 0.340 e. The van der Waals surface area contributed by atoms with Crippen LogP contribution < -0.4 is 5.73 Å². The topological polar surface area (TPSA) is 80.5 Å². The summed E-state index contributed by atoms with van der Waals surface area (Å²) in [6, 6.07) is 0. The van der Waals surface area contributed by atoms with Crippen LogP contribution in [0, 0.1) is 5.41 Å². The Kier molecular flexibility index (Phi) is 4.55. The average molecular weight is 262 g/mol. The molecule has 1 aliphatic rings. The van der Waals surface area contributed by atoms with E-state index in [0.717, 1.165) is 0 Å². The Hall–Kier alpha value is -0.620. The highest BCUT2D eigenvalue weighted by Gasteiger charge is 2.38. The number of carbonyl (C=O) groups excluding carboxylic acids is 1. The summed E-state index contributed by atoms with van der Waals surface area (Å²) in [6.07, 6.45) is 1.39. The van der Waals surface area contributed by atoms with Crippen LogP contribution in [-0.4, -0.2) is 50.4 Å². The molecule has 5 nitrogen and oxygen atoms in total. The van der Waals surface area contributed by atoms with Crippen molar-refractivity contribution < 1.29 is 13.2 Å². The van der Waals surface area contributed by atoms with Crippen molar-refractivity contribution >= 4 is 15.7 Å². The third-order valence-electron chi connectivity index (χ3n) is 3.83. The fourth-order valence-electron chi connectivity index (χ4n) is 2.18. The smallest absolute Gasteiger partial charge is 0.230 e. The Labute approximate surface area is 103 Å². The van der Waals surface area contributed by atoms with Gasteiger partial charge in [0, 0.05) is 19.6 Å². The number of rotatable bonds is 4. The second-order valence-electron chi connectivity index (χ2n) is 4.64. The fourth-order valence-corrected chi connectivity index (χ4v) is 3.38. The lowest BCUT2D eigenvalue weighted by molar-refractivity contribution is -0.141. The first-order valence-electron chi connectivity index (χ1n) is 6.10. The molecule has 0 atom stereocenters. The van der Waals surface area contributed by atoms with E-state index in [-0.39, 0.29) is 17.4 Å². The summed E-state index contributed by atoms with van der Waals surface area (Å²) >= 11 is 0. The van der Waals surface area contributed by atoms with Crippen molar-refractivity contribution in [1.29, 1.82) is 0 Å². The molecule has 1 saturated heterocycles. The van der Waals surface area contributed by atoms with Crippen LogP contribution in [0.4, 0.5) is 0 Å². The van der Waals surface area contributed by atoms with Crippen LogP contribution in [-0.2, 0) is 14.6 Å². The highest BCUT2D eigenvalue weighted by Crippen LogP contribution is 2.28. The lowest BCUT2D eigenvalue weighted by atomic mass is 9.81. The van der Waals surface area contributed by atoms with Gasteiger partial charge in [0.05, 0.1) is 16.9 Å². The molecule has 6 heteroatoms. The summed E-state index contributed by atoms with van der Waals surface area (Å²) in [4.78, 5) is 14.0. The van der Waals surface area contributed by atoms with Crippen molar-refractivity contribution in [2.45, 2.75) is 26.7 Å². The lowest BCUT2D eigenvalue weighted by Crippen LogP contribution is -2.52. The van der Waals surface area contributed by atoms with E-state index in [4.69, 9.17) is 5.73 Å². The molecule has 1 rings (SSSR count). The highest BCUT2D eigenvalue weighted by atomic mass is 32.2. The van der Waals surface area contributed by atoms with Gasteiger partial charge in [-0.05, 0) is 12.8 Å². The van der Waals surface area contributed by atoms with Gasteiger partial charge in [0.15, 0.2) is 9.84 Å². The number of nitrogens with zero attached hydrogens (tertiary/aromatic N) is 1. The third kappa shape index (κ3) is 2.98. The standard InChI is InChI=1S/C11H22N2O3S/c1-3-11(4-2,9-12)10(14)13-5-7-17(15,16)8-6-13/h3-9,12H2,1-2H3.